The van der Waals surface area contributed by atoms with Crippen LogP contribution in [-0.2, 0) is 5.75 Å². The first kappa shape index (κ1) is 15.7. The molecule has 0 radical (unpaired) electrons. The molecule has 5 heteroatoms. The van der Waals surface area contributed by atoms with Crippen molar-refractivity contribution in [3.8, 4) is 5.75 Å². The zero-order valence-electron chi connectivity index (χ0n) is 13.5. The van der Waals surface area contributed by atoms with E-state index >= 15 is 0 Å². The van der Waals surface area contributed by atoms with Crippen LogP contribution in [0.5, 0.6) is 5.75 Å². The van der Waals surface area contributed by atoms with Crippen molar-refractivity contribution in [2.24, 2.45) is 0 Å². The number of hydrogen-bond acceptors (Lipinski definition) is 5. The maximum Gasteiger partial charge on any atom is 0.336 e. The number of aromatic hydroxyl groups is 1. The van der Waals surface area contributed by atoms with Crippen LogP contribution in [0.4, 0.5) is 0 Å². The molecule has 0 aliphatic rings. The van der Waals surface area contributed by atoms with Crippen molar-refractivity contribution in [3.05, 3.63) is 76.1 Å². The smallest absolute Gasteiger partial charge is 0.336 e. The van der Waals surface area contributed by atoms with Gasteiger partial charge in [-0.25, -0.2) is 9.78 Å². The number of phenols is 1. The molecule has 1 N–H and O–H groups in total. The minimum Gasteiger partial charge on any atom is -0.508 e. The maximum absolute atomic E-state index is 11.9. The number of aromatic nitrogens is 1. The highest BCUT2D eigenvalue weighted by molar-refractivity contribution is 7.98. The van der Waals surface area contributed by atoms with Gasteiger partial charge in [0.1, 0.15) is 11.3 Å². The van der Waals surface area contributed by atoms with E-state index in [0.717, 1.165) is 26.9 Å². The Morgan fingerprint density at radius 2 is 1.96 bits per heavy atom. The van der Waals surface area contributed by atoms with Crippen LogP contribution in [0.3, 0.4) is 0 Å². The summed E-state index contributed by atoms with van der Waals surface area (Å²) in [6, 6.07) is 16.9. The molecule has 0 fully saturated rings. The van der Waals surface area contributed by atoms with E-state index in [4.69, 9.17) is 4.42 Å². The summed E-state index contributed by atoms with van der Waals surface area (Å²) in [6.07, 6.45) is 0. The van der Waals surface area contributed by atoms with Crippen molar-refractivity contribution < 1.29 is 9.52 Å². The van der Waals surface area contributed by atoms with Gasteiger partial charge in [-0.05, 0) is 36.8 Å². The summed E-state index contributed by atoms with van der Waals surface area (Å²) in [6.45, 7) is 1.74. The Bertz CT molecular complexity index is 1150. The largest absolute Gasteiger partial charge is 0.508 e. The number of hydrogen-bond donors (Lipinski definition) is 1. The molecule has 4 aromatic rings. The van der Waals surface area contributed by atoms with Crippen LogP contribution in [0.15, 0.2) is 68.8 Å². The summed E-state index contributed by atoms with van der Waals surface area (Å²) in [5.41, 5.74) is 2.42. The van der Waals surface area contributed by atoms with Crippen LogP contribution in [0, 0.1) is 6.92 Å². The van der Waals surface area contributed by atoms with E-state index in [-0.39, 0.29) is 5.75 Å². The second-order valence-corrected chi connectivity index (χ2v) is 6.80. The predicted octanol–water partition coefficient (Wildman–Crippen LogP) is 4.65. The molecular formula is C20H15NO3S. The van der Waals surface area contributed by atoms with E-state index in [1.807, 2.05) is 36.4 Å². The van der Waals surface area contributed by atoms with Crippen LogP contribution >= 0.6 is 11.8 Å². The highest BCUT2D eigenvalue weighted by Gasteiger charge is 2.11. The van der Waals surface area contributed by atoms with Gasteiger partial charge in [0, 0.05) is 28.2 Å². The lowest BCUT2D eigenvalue weighted by atomic mass is 10.1. The molecule has 0 saturated heterocycles. The fourth-order valence-electron chi connectivity index (χ4n) is 2.81. The molecule has 0 unspecified atom stereocenters. The van der Waals surface area contributed by atoms with Crippen molar-refractivity contribution in [2.45, 2.75) is 17.7 Å². The lowest BCUT2D eigenvalue weighted by Gasteiger charge is -2.08. The number of nitrogens with zero attached hydrogens (tertiary/aromatic N) is 1. The van der Waals surface area contributed by atoms with Gasteiger partial charge >= 0.3 is 5.63 Å². The zero-order chi connectivity index (χ0) is 17.4. The van der Waals surface area contributed by atoms with Crippen molar-refractivity contribution in [2.75, 3.05) is 0 Å². The SMILES string of the molecule is Cc1c(O)ccc2c(CSc3ccc4ccccc4n3)cc(=O)oc12. The second-order valence-electron chi connectivity index (χ2n) is 5.81. The Kier molecular flexibility index (Phi) is 3.93. The Labute approximate surface area is 148 Å². The molecule has 0 aliphatic carbocycles. The topological polar surface area (TPSA) is 63.3 Å². The van der Waals surface area contributed by atoms with Gasteiger partial charge in [-0.2, -0.15) is 0 Å². The third-order valence-corrected chi connectivity index (χ3v) is 5.14. The van der Waals surface area contributed by atoms with Gasteiger partial charge in [0.2, 0.25) is 0 Å². The molecule has 4 nitrogen and oxygen atoms in total. The summed E-state index contributed by atoms with van der Waals surface area (Å²) >= 11 is 1.57. The van der Waals surface area contributed by atoms with Crippen molar-refractivity contribution in [3.63, 3.8) is 0 Å². The molecule has 124 valence electrons. The highest BCUT2D eigenvalue weighted by Crippen LogP contribution is 2.30. The average Bonchev–Trinajstić information content (AvgIpc) is 2.63. The summed E-state index contributed by atoms with van der Waals surface area (Å²) < 4.78 is 5.28. The number of fused-ring (bicyclic) bond motifs is 2. The van der Waals surface area contributed by atoms with E-state index in [9.17, 15) is 9.90 Å². The Hall–Kier alpha value is -2.79. The minimum atomic E-state index is -0.414. The Balaban J connectivity index is 1.70. The van der Waals surface area contributed by atoms with E-state index in [1.54, 1.807) is 30.8 Å². The molecule has 2 heterocycles. The number of phenolic OH excluding ortho intramolecular Hbond substituents is 1. The fraction of sp³-hybridized carbons (Fsp3) is 0.100. The van der Waals surface area contributed by atoms with Crippen LogP contribution in [0.25, 0.3) is 21.9 Å². The highest BCUT2D eigenvalue weighted by atomic mass is 32.2. The van der Waals surface area contributed by atoms with Gasteiger partial charge in [-0.1, -0.05) is 24.3 Å². The first-order chi connectivity index (χ1) is 12.1. The first-order valence-electron chi connectivity index (χ1n) is 7.86. The van der Waals surface area contributed by atoms with Gasteiger partial charge < -0.3 is 9.52 Å². The van der Waals surface area contributed by atoms with Gasteiger partial charge in [-0.15, -0.1) is 11.8 Å². The Morgan fingerprint density at radius 3 is 2.84 bits per heavy atom. The number of para-hydroxylation sites is 1. The van der Waals surface area contributed by atoms with E-state index in [0.29, 0.717) is 16.9 Å². The maximum atomic E-state index is 11.9. The quantitative estimate of drug-likeness (QED) is 0.431. The van der Waals surface area contributed by atoms with Crippen molar-refractivity contribution in [1.82, 2.24) is 4.98 Å². The molecule has 0 bridgehead atoms. The first-order valence-corrected chi connectivity index (χ1v) is 8.84. The summed E-state index contributed by atoms with van der Waals surface area (Å²) in [4.78, 5) is 16.5. The predicted molar refractivity (Wildman–Crippen MR) is 100 cm³/mol. The molecule has 2 aromatic heterocycles. The van der Waals surface area contributed by atoms with Crippen LogP contribution in [-0.4, -0.2) is 10.1 Å². The number of pyridine rings is 1. The fourth-order valence-corrected chi connectivity index (χ4v) is 3.68. The molecule has 0 saturated carbocycles. The molecular weight excluding hydrogens is 334 g/mol. The summed E-state index contributed by atoms with van der Waals surface area (Å²) in [5.74, 6) is 0.717. The normalized spacial score (nSPS) is 11.2. The van der Waals surface area contributed by atoms with Crippen LogP contribution < -0.4 is 5.63 Å². The molecule has 2 aromatic carbocycles. The molecule has 0 spiro atoms. The number of aryl methyl sites for hydroxylation is 1. The van der Waals surface area contributed by atoms with Gasteiger partial charge in [0.15, 0.2) is 0 Å². The summed E-state index contributed by atoms with van der Waals surface area (Å²) in [7, 11) is 0. The van der Waals surface area contributed by atoms with Gasteiger partial charge in [-0.3, -0.25) is 0 Å². The van der Waals surface area contributed by atoms with Gasteiger partial charge in [0.05, 0.1) is 10.5 Å². The molecule has 4 rings (SSSR count). The average molecular weight is 349 g/mol. The zero-order valence-corrected chi connectivity index (χ0v) is 14.3. The molecule has 25 heavy (non-hydrogen) atoms. The van der Waals surface area contributed by atoms with E-state index in [2.05, 4.69) is 4.98 Å². The van der Waals surface area contributed by atoms with Crippen LogP contribution in [0.1, 0.15) is 11.1 Å². The molecule has 0 aliphatic heterocycles. The molecule has 0 atom stereocenters. The van der Waals surface area contributed by atoms with Gasteiger partial charge in [0.25, 0.3) is 0 Å². The lowest BCUT2D eigenvalue weighted by Crippen LogP contribution is -2.01. The number of thioether (sulfide) groups is 1. The van der Waals surface area contributed by atoms with Crippen LogP contribution in [0.2, 0.25) is 0 Å². The Morgan fingerprint density at radius 1 is 1.12 bits per heavy atom. The monoisotopic (exact) mass is 349 g/mol. The summed E-state index contributed by atoms with van der Waals surface area (Å²) in [5, 5.41) is 12.7. The van der Waals surface area contributed by atoms with E-state index < -0.39 is 5.63 Å². The number of rotatable bonds is 3. The third-order valence-electron chi connectivity index (χ3n) is 4.17. The van der Waals surface area contributed by atoms with Crippen molar-refractivity contribution in [1.29, 1.82) is 0 Å². The second kappa shape index (κ2) is 6.26. The third kappa shape index (κ3) is 2.98. The lowest BCUT2D eigenvalue weighted by molar-refractivity contribution is 0.468. The van der Waals surface area contributed by atoms with Crippen molar-refractivity contribution >= 4 is 33.6 Å². The minimum absolute atomic E-state index is 0.122. The number of benzene rings is 2. The van der Waals surface area contributed by atoms with E-state index in [1.165, 1.54) is 6.07 Å². The standard InChI is InChI=1S/C20H15NO3S/c1-12-17(22)8-7-15-14(10-19(23)24-20(12)15)11-25-18-9-6-13-4-2-3-5-16(13)21-18/h2-10,22H,11H2,1H3. The molecule has 0 amide bonds.